The summed E-state index contributed by atoms with van der Waals surface area (Å²) in [6.07, 6.45) is 39.0. The normalized spacial score (nSPS) is 12.0. The lowest BCUT2D eigenvalue weighted by molar-refractivity contribution is -0.697. The van der Waals surface area contributed by atoms with E-state index in [1.807, 2.05) is 50.7 Å². The van der Waals surface area contributed by atoms with E-state index >= 15 is 0 Å². The van der Waals surface area contributed by atoms with Gasteiger partial charge in [0.25, 0.3) is 0 Å². The fourth-order valence-electron chi connectivity index (χ4n) is 8.57. The molecule has 0 aliphatic heterocycles. The number of hydrogen-bond acceptors (Lipinski definition) is 3. The third-order valence-corrected chi connectivity index (χ3v) is 12.9. The molecule has 5 aromatic carbocycles. The molecule has 0 fully saturated rings. The molecule has 0 saturated carbocycles. The average molecular weight is 1060 g/mol. The van der Waals surface area contributed by atoms with E-state index in [0.717, 1.165) is 86.6 Å². The van der Waals surface area contributed by atoms with Gasteiger partial charge in [-0.25, -0.2) is 4.57 Å². The second-order valence-electron chi connectivity index (χ2n) is 19.5. The van der Waals surface area contributed by atoms with E-state index in [1.165, 1.54) is 44.5 Å². The van der Waals surface area contributed by atoms with Crippen molar-refractivity contribution in [1.82, 2.24) is 0 Å². The number of nitrogens with zero attached hydrogens (tertiary/aromatic N) is 4. The van der Waals surface area contributed by atoms with Crippen molar-refractivity contribution < 1.29 is 4.57 Å². The maximum Gasteiger partial charge on any atom is 0.172 e. The molecule has 1 heterocycles. The van der Waals surface area contributed by atoms with E-state index in [1.54, 1.807) is 0 Å². The Labute approximate surface area is 486 Å². The predicted octanol–water partition coefficient (Wildman–Crippen LogP) is 16.2. The first-order chi connectivity index (χ1) is 40.1. The van der Waals surface area contributed by atoms with E-state index in [0.29, 0.717) is 38.9 Å². The standard InChI is InChI=1S/C77H79N4/c1-4-7-35-71(58-68-39-19-10-20-40-68)63-79-52-30-14-26-48-75-62-77(50-28-16-32-55-81-56-34-46-73(65-81)60-70-43-23-12-24-44-70)76(49-27-15-31-53-80-64-72(36-8-5-2)59-69-41-21-11-22-42-69)61-74(75)47-25-13-29-51-78-54-33-45-66(6-3)57-67-37-17-9-18-38-67/h4-12,17-24,33-46,54,56,61-65H,13-16,29-32,51-53,55,57-60H2,1-3H3/q+1/b7-4-,8-5-,45-33-,66-6+,71-35-,72-36-,78-54+,79-63+,80-64+. The van der Waals surface area contributed by atoms with Gasteiger partial charge in [-0.2, -0.15) is 0 Å². The van der Waals surface area contributed by atoms with Crippen molar-refractivity contribution in [3.63, 3.8) is 0 Å². The first-order valence-electron chi connectivity index (χ1n) is 28.8. The molecule has 0 unspecified atom stereocenters. The zero-order valence-electron chi connectivity index (χ0n) is 48.0. The Morgan fingerprint density at radius 1 is 0.432 bits per heavy atom. The second kappa shape index (κ2) is 38.5. The molecule has 0 bridgehead atoms. The topological polar surface area (TPSA) is 41.0 Å². The van der Waals surface area contributed by atoms with Gasteiger partial charge in [-0.3, -0.25) is 15.0 Å². The highest BCUT2D eigenvalue weighted by Crippen LogP contribution is 2.17. The van der Waals surface area contributed by atoms with E-state index in [2.05, 4.69) is 258 Å². The highest BCUT2D eigenvalue weighted by Gasteiger charge is 2.08. The number of unbranched alkanes of at least 4 members (excludes halogenated alkanes) is 4. The second-order valence-corrected chi connectivity index (χ2v) is 19.5. The molecule has 406 valence electrons. The molecule has 4 heteroatoms. The van der Waals surface area contributed by atoms with Gasteiger partial charge in [-0.1, -0.05) is 217 Å². The average Bonchev–Trinajstić information content (AvgIpc) is 3.55. The number of rotatable bonds is 26. The van der Waals surface area contributed by atoms with Crippen LogP contribution in [0.4, 0.5) is 0 Å². The Bertz CT molecular complexity index is 3390. The first-order valence-corrected chi connectivity index (χ1v) is 28.8. The van der Waals surface area contributed by atoms with Gasteiger partial charge in [0.1, 0.15) is 6.54 Å². The number of benzene rings is 5. The number of hydrogen-bond donors (Lipinski definition) is 0. The monoisotopic (exact) mass is 1060 g/mol. The van der Waals surface area contributed by atoms with Crippen LogP contribution in [0.15, 0.2) is 244 Å². The summed E-state index contributed by atoms with van der Waals surface area (Å²) in [6, 6.07) is 50.8. The third-order valence-electron chi connectivity index (χ3n) is 12.9. The number of aliphatic imine (C=N–C) groups is 3. The van der Waals surface area contributed by atoms with Crippen LogP contribution in [-0.4, -0.2) is 38.3 Å². The first kappa shape index (κ1) is 61.2. The van der Waals surface area contributed by atoms with Crippen molar-refractivity contribution in [2.24, 2.45) is 15.0 Å². The number of aryl methyl sites for hydroxylation is 1. The molecule has 0 radical (unpaired) electrons. The molecule has 0 atom stereocenters. The quantitative estimate of drug-likeness (QED) is 0.0171. The number of allylic oxidation sites excluding steroid dienone is 12. The van der Waals surface area contributed by atoms with E-state index in [9.17, 15) is 0 Å². The highest BCUT2D eigenvalue weighted by atomic mass is 14.9. The van der Waals surface area contributed by atoms with E-state index in [-0.39, 0.29) is 0 Å². The SMILES string of the molecule is C\C=C/C=C(\C=N\CCCC#Cc1cc(C#CCCC[n+]2cccc(Cc3ccccc3)c2)c(C#CCCC/N=C/C(=C\C=C/C)Cc2ccccc2)cc1C#CCCC/N=C/C=C\C(=C/C)Cc1ccccc1)Cc1ccccc1. The van der Waals surface area contributed by atoms with Crippen molar-refractivity contribution in [2.75, 3.05) is 19.6 Å². The lowest BCUT2D eigenvalue weighted by Crippen LogP contribution is -2.33. The Kier molecular flexibility index (Phi) is 29.1. The maximum atomic E-state index is 4.81. The summed E-state index contributed by atoms with van der Waals surface area (Å²) in [5, 5.41) is 0. The van der Waals surface area contributed by atoms with Gasteiger partial charge in [-0.05, 0) is 123 Å². The zero-order chi connectivity index (χ0) is 56.5. The van der Waals surface area contributed by atoms with Gasteiger partial charge in [0.15, 0.2) is 12.4 Å². The zero-order valence-corrected chi connectivity index (χ0v) is 48.0. The van der Waals surface area contributed by atoms with Gasteiger partial charge < -0.3 is 0 Å². The van der Waals surface area contributed by atoms with Crippen LogP contribution in [0, 0.1) is 47.4 Å². The molecule has 0 amide bonds. The fourth-order valence-corrected chi connectivity index (χ4v) is 8.57. The molecular formula is C77H79N4+. The molecule has 6 rings (SSSR count). The highest BCUT2D eigenvalue weighted by molar-refractivity contribution is 5.80. The fraction of sp³-hybridized carbons (Fsp3) is 0.247. The minimum absolute atomic E-state index is 0.694. The number of pyridine rings is 1. The van der Waals surface area contributed by atoms with Crippen LogP contribution in [0.2, 0.25) is 0 Å². The van der Waals surface area contributed by atoms with Crippen molar-refractivity contribution in [2.45, 2.75) is 104 Å². The van der Waals surface area contributed by atoms with Crippen molar-refractivity contribution in [1.29, 1.82) is 0 Å². The molecule has 0 aliphatic carbocycles. The summed E-state index contributed by atoms with van der Waals surface area (Å²) in [7, 11) is 0. The van der Waals surface area contributed by atoms with E-state index in [4.69, 9.17) is 9.98 Å². The van der Waals surface area contributed by atoms with Gasteiger partial charge in [0.2, 0.25) is 0 Å². The lowest BCUT2D eigenvalue weighted by Gasteiger charge is -2.04. The Morgan fingerprint density at radius 3 is 1.28 bits per heavy atom. The van der Waals surface area contributed by atoms with Crippen LogP contribution in [0.5, 0.6) is 0 Å². The molecule has 0 saturated heterocycles. The van der Waals surface area contributed by atoms with Gasteiger partial charge in [0.05, 0.1) is 0 Å². The van der Waals surface area contributed by atoms with Gasteiger partial charge in [-0.15, -0.1) is 0 Å². The van der Waals surface area contributed by atoms with E-state index < -0.39 is 0 Å². The third kappa shape index (κ3) is 25.5. The Morgan fingerprint density at radius 2 is 0.840 bits per heavy atom. The van der Waals surface area contributed by atoms with Crippen LogP contribution in [0.3, 0.4) is 0 Å². The molecule has 0 N–H and O–H groups in total. The molecule has 0 aliphatic rings. The summed E-state index contributed by atoms with van der Waals surface area (Å²) in [5.41, 5.74) is 13.5. The van der Waals surface area contributed by atoms with Crippen LogP contribution in [-0.2, 0) is 32.2 Å². The van der Waals surface area contributed by atoms with Gasteiger partial charge in [0, 0.05) is 111 Å². The Balaban J connectivity index is 1.19. The van der Waals surface area contributed by atoms with Crippen LogP contribution in [0.1, 0.15) is 122 Å². The molecular weight excluding hydrogens is 981 g/mol. The summed E-state index contributed by atoms with van der Waals surface area (Å²) < 4.78 is 2.28. The molecule has 0 spiro atoms. The van der Waals surface area contributed by atoms with Crippen LogP contribution >= 0.6 is 0 Å². The molecule has 1 aromatic heterocycles. The summed E-state index contributed by atoms with van der Waals surface area (Å²) in [4.78, 5) is 14.3. The number of aromatic nitrogens is 1. The Hall–Kier alpha value is -9.06. The van der Waals surface area contributed by atoms with Crippen LogP contribution in [0.25, 0.3) is 0 Å². The van der Waals surface area contributed by atoms with Crippen LogP contribution < -0.4 is 4.57 Å². The lowest BCUT2D eigenvalue weighted by atomic mass is 9.98. The molecule has 81 heavy (non-hydrogen) atoms. The summed E-state index contributed by atoms with van der Waals surface area (Å²) in [5.74, 6) is 28.0. The summed E-state index contributed by atoms with van der Waals surface area (Å²) >= 11 is 0. The van der Waals surface area contributed by atoms with Gasteiger partial charge >= 0.3 is 0 Å². The smallest absolute Gasteiger partial charge is 0.172 e. The minimum Gasteiger partial charge on any atom is -0.293 e. The summed E-state index contributed by atoms with van der Waals surface area (Å²) in [6.45, 7) is 9.12. The largest absolute Gasteiger partial charge is 0.293 e. The van der Waals surface area contributed by atoms with Crippen molar-refractivity contribution in [3.05, 3.63) is 279 Å². The maximum absolute atomic E-state index is 4.81. The minimum atomic E-state index is 0.694. The van der Waals surface area contributed by atoms with Crippen molar-refractivity contribution >= 4 is 18.6 Å². The molecule has 4 nitrogen and oxygen atoms in total. The predicted molar refractivity (Wildman–Crippen MR) is 346 cm³/mol. The van der Waals surface area contributed by atoms with Crippen molar-refractivity contribution in [3.8, 4) is 47.4 Å². The molecule has 6 aromatic rings.